The molecule has 0 spiro atoms. The predicted molar refractivity (Wildman–Crippen MR) is 65.8 cm³/mol. The number of hydrogen-bond donors (Lipinski definition) is 1. The van der Waals surface area contributed by atoms with E-state index in [-0.39, 0.29) is 5.82 Å². The molecule has 2 N–H and O–H groups in total. The van der Waals surface area contributed by atoms with E-state index in [4.69, 9.17) is 5.73 Å². The molecule has 0 fully saturated rings. The van der Waals surface area contributed by atoms with Crippen molar-refractivity contribution < 1.29 is 4.39 Å². The van der Waals surface area contributed by atoms with Crippen LogP contribution >= 0.6 is 0 Å². The van der Waals surface area contributed by atoms with Crippen LogP contribution in [-0.4, -0.2) is 16.3 Å². The average molecular weight is 233 g/mol. The third-order valence-electron chi connectivity index (χ3n) is 2.91. The zero-order valence-electron chi connectivity index (χ0n) is 10.1. The van der Waals surface area contributed by atoms with Crippen LogP contribution in [0, 0.1) is 19.7 Å². The van der Waals surface area contributed by atoms with E-state index >= 15 is 0 Å². The highest BCUT2D eigenvalue weighted by Crippen LogP contribution is 2.18. The molecule has 1 aromatic heterocycles. The molecule has 0 aliphatic rings. The number of benzene rings is 1. The Morgan fingerprint density at radius 2 is 1.88 bits per heavy atom. The fraction of sp³-hybridized carbons (Fsp3) is 0.308. The molecule has 2 rings (SSSR count). The first kappa shape index (κ1) is 11.8. The van der Waals surface area contributed by atoms with E-state index in [1.807, 2.05) is 18.5 Å². The van der Waals surface area contributed by atoms with Gasteiger partial charge in [0.05, 0.1) is 11.4 Å². The van der Waals surface area contributed by atoms with Crippen LogP contribution < -0.4 is 5.73 Å². The molecule has 0 saturated heterocycles. The van der Waals surface area contributed by atoms with Gasteiger partial charge in [0, 0.05) is 5.69 Å². The summed E-state index contributed by atoms with van der Waals surface area (Å²) in [6, 6.07) is 6.32. The van der Waals surface area contributed by atoms with Crippen molar-refractivity contribution in [3.63, 3.8) is 0 Å². The highest BCUT2D eigenvalue weighted by atomic mass is 19.1. The van der Waals surface area contributed by atoms with E-state index in [9.17, 15) is 4.39 Å². The second-order valence-electron chi connectivity index (χ2n) is 4.08. The minimum Gasteiger partial charge on any atom is -0.330 e. The summed E-state index contributed by atoms with van der Waals surface area (Å²) in [4.78, 5) is 0. The topological polar surface area (TPSA) is 43.8 Å². The summed E-state index contributed by atoms with van der Waals surface area (Å²) >= 11 is 0. The Morgan fingerprint density at radius 3 is 2.47 bits per heavy atom. The number of halogens is 1. The molecule has 0 atom stereocenters. The minimum absolute atomic E-state index is 0.238. The monoisotopic (exact) mass is 233 g/mol. The first-order chi connectivity index (χ1) is 8.13. The fourth-order valence-electron chi connectivity index (χ4n) is 2.01. The number of rotatable bonds is 3. The smallest absolute Gasteiger partial charge is 0.123 e. The molecule has 2 aromatic rings. The van der Waals surface area contributed by atoms with Crippen molar-refractivity contribution in [2.45, 2.75) is 20.3 Å². The van der Waals surface area contributed by atoms with Crippen LogP contribution in [0.3, 0.4) is 0 Å². The molecule has 17 heavy (non-hydrogen) atoms. The van der Waals surface area contributed by atoms with Crippen LogP contribution in [0.1, 0.15) is 17.0 Å². The quantitative estimate of drug-likeness (QED) is 0.882. The van der Waals surface area contributed by atoms with Gasteiger partial charge >= 0.3 is 0 Å². The third kappa shape index (κ3) is 2.22. The summed E-state index contributed by atoms with van der Waals surface area (Å²) in [6.07, 6.45) is 0.818. The number of aryl methyl sites for hydroxylation is 1. The molecular weight excluding hydrogens is 217 g/mol. The molecule has 0 aliphatic heterocycles. The minimum atomic E-state index is -0.238. The molecule has 0 radical (unpaired) electrons. The SMILES string of the molecule is Cc1nn(-c2ccc(F)cc2)c(C)c1CCN. The van der Waals surface area contributed by atoms with Crippen molar-refractivity contribution in [2.75, 3.05) is 6.54 Å². The first-order valence-corrected chi connectivity index (χ1v) is 5.64. The Labute approximate surface area is 100 Å². The standard InChI is InChI=1S/C13H16FN3/c1-9-13(7-8-15)10(2)17(16-9)12-5-3-11(14)4-6-12/h3-6H,7-8,15H2,1-2H3. The maximum absolute atomic E-state index is 12.9. The van der Waals surface area contributed by atoms with Crippen LogP contribution in [-0.2, 0) is 6.42 Å². The van der Waals surface area contributed by atoms with Gasteiger partial charge < -0.3 is 5.73 Å². The summed E-state index contributed by atoms with van der Waals surface area (Å²) in [5.41, 5.74) is 9.68. The van der Waals surface area contributed by atoms with Gasteiger partial charge in [-0.3, -0.25) is 0 Å². The van der Waals surface area contributed by atoms with Crippen molar-refractivity contribution in [2.24, 2.45) is 5.73 Å². The van der Waals surface area contributed by atoms with Gasteiger partial charge in [-0.2, -0.15) is 5.10 Å². The summed E-state index contributed by atoms with van der Waals surface area (Å²) in [6.45, 7) is 4.59. The molecule has 0 saturated carbocycles. The zero-order chi connectivity index (χ0) is 12.4. The molecule has 1 heterocycles. The van der Waals surface area contributed by atoms with Crippen molar-refractivity contribution in [3.05, 3.63) is 47.0 Å². The fourth-order valence-corrected chi connectivity index (χ4v) is 2.01. The van der Waals surface area contributed by atoms with E-state index < -0.39 is 0 Å². The second kappa shape index (κ2) is 4.67. The summed E-state index contributed by atoms with van der Waals surface area (Å²) < 4.78 is 14.7. The second-order valence-corrected chi connectivity index (χ2v) is 4.08. The van der Waals surface area contributed by atoms with E-state index in [0.29, 0.717) is 6.54 Å². The summed E-state index contributed by atoms with van der Waals surface area (Å²) in [7, 11) is 0. The van der Waals surface area contributed by atoms with Gasteiger partial charge in [-0.1, -0.05) is 0 Å². The number of aromatic nitrogens is 2. The van der Waals surface area contributed by atoms with Crippen molar-refractivity contribution in [1.82, 2.24) is 9.78 Å². The highest BCUT2D eigenvalue weighted by molar-refractivity contribution is 5.37. The lowest BCUT2D eigenvalue weighted by Crippen LogP contribution is -2.05. The van der Waals surface area contributed by atoms with Crippen LogP contribution in [0.15, 0.2) is 24.3 Å². The molecule has 4 heteroatoms. The molecule has 90 valence electrons. The Kier molecular flexibility index (Phi) is 3.24. The number of hydrogen-bond acceptors (Lipinski definition) is 2. The molecule has 0 amide bonds. The largest absolute Gasteiger partial charge is 0.330 e. The van der Waals surface area contributed by atoms with Gasteiger partial charge in [-0.25, -0.2) is 9.07 Å². The van der Waals surface area contributed by atoms with Gasteiger partial charge in [0.25, 0.3) is 0 Å². The van der Waals surface area contributed by atoms with E-state index in [1.54, 1.807) is 12.1 Å². The number of nitrogens with zero attached hydrogens (tertiary/aromatic N) is 2. The predicted octanol–water partition coefficient (Wildman–Crippen LogP) is 2.13. The van der Waals surface area contributed by atoms with Crippen LogP contribution in [0.2, 0.25) is 0 Å². The zero-order valence-corrected chi connectivity index (χ0v) is 10.1. The molecule has 0 aliphatic carbocycles. The Bertz CT molecular complexity index is 514. The highest BCUT2D eigenvalue weighted by Gasteiger charge is 2.11. The van der Waals surface area contributed by atoms with Gasteiger partial charge in [0.2, 0.25) is 0 Å². The normalized spacial score (nSPS) is 10.8. The average Bonchev–Trinajstić information content (AvgIpc) is 2.59. The Balaban J connectivity index is 2.46. The van der Waals surface area contributed by atoms with E-state index in [0.717, 1.165) is 23.5 Å². The van der Waals surface area contributed by atoms with Crippen molar-refractivity contribution in [3.8, 4) is 5.69 Å². The van der Waals surface area contributed by atoms with Gasteiger partial charge in [-0.05, 0) is 56.6 Å². The van der Waals surface area contributed by atoms with Crippen LogP contribution in [0.25, 0.3) is 5.69 Å². The van der Waals surface area contributed by atoms with Crippen LogP contribution in [0.4, 0.5) is 4.39 Å². The molecule has 3 nitrogen and oxygen atoms in total. The maximum atomic E-state index is 12.9. The molecular formula is C13H16FN3. The van der Waals surface area contributed by atoms with Crippen LogP contribution in [0.5, 0.6) is 0 Å². The van der Waals surface area contributed by atoms with Crippen molar-refractivity contribution >= 4 is 0 Å². The summed E-state index contributed by atoms with van der Waals surface area (Å²) in [5, 5.41) is 4.47. The lowest BCUT2D eigenvalue weighted by Gasteiger charge is -2.04. The van der Waals surface area contributed by atoms with Gasteiger partial charge in [0.15, 0.2) is 0 Å². The van der Waals surface area contributed by atoms with Gasteiger partial charge in [-0.15, -0.1) is 0 Å². The van der Waals surface area contributed by atoms with Crippen molar-refractivity contribution in [1.29, 1.82) is 0 Å². The maximum Gasteiger partial charge on any atom is 0.123 e. The molecule has 1 aromatic carbocycles. The Morgan fingerprint density at radius 1 is 1.24 bits per heavy atom. The number of nitrogens with two attached hydrogens (primary N) is 1. The van der Waals surface area contributed by atoms with E-state index in [1.165, 1.54) is 17.7 Å². The lowest BCUT2D eigenvalue weighted by atomic mass is 10.1. The lowest BCUT2D eigenvalue weighted by molar-refractivity contribution is 0.627. The first-order valence-electron chi connectivity index (χ1n) is 5.64. The Hall–Kier alpha value is -1.68. The molecule has 0 bridgehead atoms. The molecule has 0 unspecified atom stereocenters. The third-order valence-corrected chi connectivity index (χ3v) is 2.91. The van der Waals surface area contributed by atoms with Gasteiger partial charge in [0.1, 0.15) is 5.82 Å². The summed E-state index contributed by atoms with van der Waals surface area (Å²) in [5.74, 6) is -0.238. The van der Waals surface area contributed by atoms with E-state index in [2.05, 4.69) is 5.10 Å².